The second-order valence-corrected chi connectivity index (χ2v) is 3.74. The fourth-order valence-electron chi connectivity index (χ4n) is 1.18. The summed E-state index contributed by atoms with van der Waals surface area (Å²) in [4.78, 5) is 10.8. The molecule has 4 heteroatoms. The van der Waals surface area contributed by atoms with Gasteiger partial charge in [-0.2, -0.15) is 0 Å². The monoisotopic (exact) mass is 226 g/mol. The van der Waals surface area contributed by atoms with Gasteiger partial charge in [0.2, 0.25) is 0 Å². The highest BCUT2D eigenvalue weighted by atomic mass is 19.1. The summed E-state index contributed by atoms with van der Waals surface area (Å²) in [5.74, 6) is -1.68. The lowest BCUT2D eigenvalue weighted by atomic mass is 10.1. The van der Waals surface area contributed by atoms with Crippen molar-refractivity contribution in [3.05, 3.63) is 29.6 Å². The molecule has 1 aromatic carbocycles. The Morgan fingerprint density at radius 3 is 2.81 bits per heavy atom. The summed E-state index contributed by atoms with van der Waals surface area (Å²) in [5.41, 5.74) is -0.397. The third kappa shape index (κ3) is 2.95. The van der Waals surface area contributed by atoms with Crippen LogP contribution in [-0.2, 0) is 0 Å². The van der Waals surface area contributed by atoms with E-state index in [1.807, 2.05) is 13.8 Å². The number of halogens is 1. The van der Waals surface area contributed by atoms with Crippen molar-refractivity contribution in [1.82, 2.24) is 0 Å². The first-order chi connectivity index (χ1) is 7.56. The summed E-state index contributed by atoms with van der Waals surface area (Å²) in [6.45, 7) is 4.39. The van der Waals surface area contributed by atoms with Gasteiger partial charge in [-0.3, -0.25) is 0 Å². The maximum absolute atomic E-state index is 13.2. The van der Waals surface area contributed by atoms with Crippen molar-refractivity contribution >= 4 is 5.97 Å². The second kappa shape index (κ2) is 5.49. The Morgan fingerprint density at radius 2 is 2.25 bits per heavy atom. The molecule has 0 bridgehead atoms. The quantitative estimate of drug-likeness (QED) is 0.839. The van der Waals surface area contributed by atoms with Crippen LogP contribution in [0.2, 0.25) is 0 Å². The normalized spacial score (nSPS) is 12.2. The van der Waals surface area contributed by atoms with Crippen LogP contribution in [0.4, 0.5) is 4.39 Å². The lowest BCUT2D eigenvalue weighted by Gasteiger charge is -2.12. The van der Waals surface area contributed by atoms with Crippen LogP contribution in [0.1, 0.15) is 30.6 Å². The number of hydrogen-bond donors (Lipinski definition) is 1. The van der Waals surface area contributed by atoms with E-state index in [2.05, 4.69) is 0 Å². The van der Waals surface area contributed by atoms with Crippen LogP contribution >= 0.6 is 0 Å². The first-order valence-corrected chi connectivity index (χ1v) is 5.20. The van der Waals surface area contributed by atoms with Gasteiger partial charge < -0.3 is 9.84 Å². The number of rotatable bonds is 5. The van der Waals surface area contributed by atoms with E-state index < -0.39 is 17.3 Å². The largest absolute Gasteiger partial charge is 0.492 e. The highest BCUT2D eigenvalue weighted by Crippen LogP contribution is 2.22. The minimum atomic E-state index is -1.31. The smallest absolute Gasteiger partial charge is 0.342 e. The molecule has 0 spiro atoms. The lowest BCUT2D eigenvalue weighted by Crippen LogP contribution is -2.11. The second-order valence-electron chi connectivity index (χ2n) is 3.74. The summed E-state index contributed by atoms with van der Waals surface area (Å²) >= 11 is 0. The van der Waals surface area contributed by atoms with Crippen LogP contribution in [-0.4, -0.2) is 17.7 Å². The van der Waals surface area contributed by atoms with Crippen LogP contribution in [0.25, 0.3) is 0 Å². The van der Waals surface area contributed by atoms with Gasteiger partial charge in [0.15, 0.2) is 0 Å². The van der Waals surface area contributed by atoms with E-state index in [9.17, 15) is 9.18 Å². The Hall–Kier alpha value is -1.58. The molecule has 1 N–H and O–H groups in total. The number of carbonyl (C=O) groups is 1. The number of hydrogen-bond acceptors (Lipinski definition) is 2. The first kappa shape index (κ1) is 12.5. The molecule has 3 nitrogen and oxygen atoms in total. The molecule has 0 saturated heterocycles. The molecule has 0 amide bonds. The van der Waals surface area contributed by atoms with E-state index in [0.29, 0.717) is 12.5 Å². The van der Waals surface area contributed by atoms with Crippen molar-refractivity contribution in [2.75, 3.05) is 6.61 Å². The van der Waals surface area contributed by atoms with Crippen LogP contribution in [0.3, 0.4) is 0 Å². The summed E-state index contributed by atoms with van der Waals surface area (Å²) in [5, 5.41) is 8.85. The van der Waals surface area contributed by atoms with Crippen LogP contribution in [0.5, 0.6) is 5.75 Å². The van der Waals surface area contributed by atoms with Crippen molar-refractivity contribution in [3.63, 3.8) is 0 Å². The third-order valence-electron chi connectivity index (χ3n) is 2.41. The van der Waals surface area contributed by atoms with Crippen LogP contribution < -0.4 is 4.74 Å². The van der Waals surface area contributed by atoms with Gasteiger partial charge in [-0.1, -0.05) is 26.3 Å². The average Bonchev–Trinajstić information content (AvgIpc) is 2.25. The maximum atomic E-state index is 13.2. The molecule has 0 fully saturated rings. The fraction of sp³-hybridized carbons (Fsp3) is 0.417. The summed E-state index contributed by atoms with van der Waals surface area (Å²) in [6.07, 6.45) is 0.928. The Morgan fingerprint density at radius 1 is 1.56 bits per heavy atom. The topological polar surface area (TPSA) is 46.5 Å². The molecule has 0 aliphatic rings. The number of benzene rings is 1. The first-order valence-electron chi connectivity index (χ1n) is 5.20. The highest BCUT2D eigenvalue weighted by Gasteiger charge is 2.17. The molecule has 0 radical (unpaired) electrons. The van der Waals surface area contributed by atoms with Crippen molar-refractivity contribution in [2.24, 2.45) is 5.92 Å². The predicted molar refractivity (Wildman–Crippen MR) is 58.3 cm³/mol. The van der Waals surface area contributed by atoms with Crippen molar-refractivity contribution in [3.8, 4) is 5.75 Å². The molecule has 1 rings (SSSR count). The molecule has 0 heterocycles. The molecule has 0 aliphatic carbocycles. The van der Waals surface area contributed by atoms with E-state index in [4.69, 9.17) is 9.84 Å². The molecule has 0 saturated carbocycles. The molecule has 1 aromatic rings. The lowest BCUT2D eigenvalue weighted by molar-refractivity contribution is 0.0686. The number of carboxylic acids is 1. The van der Waals surface area contributed by atoms with E-state index in [1.54, 1.807) is 0 Å². The maximum Gasteiger partial charge on any atom is 0.342 e. The van der Waals surface area contributed by atoms with E-state index in [-0.39, 0.29) is 5.75 Å². The van der Waals surface area contributed by atoms with Crippen molar-refractivity contribution in [1.29, 1.82) is 0 Å². The molecule has 88 valence electrons. The van der Waals surface area contributed by atoms with Gasteiger partial charge >= 0.3 is 5.97 Å². The molecular weight excluding hydrogens is 211 g/mol. The van der Waals surface area contributed by atoms with Crippen LogP contribution in [0.15, 0.2) is 18.2 Å². The Bertz CT molecular complexity index is 377. The highest BCUT2D eigenvalue weighted by molar-refractivity contribution is 5.91. The molecule has 1 atom stereocenters. The average molecular weight is 226 g/mol. The van der Waals surface area contributed by atoms with Gasteiger partial charge in [0.1, 0.15) is 17.1 Å². The van der Waals surface area contributed by atoms with Gasteiger partial charge in [0, 0.05) is 0 Å². The Kier molecular flexibility index (Phi) is 4.28. The van der Waals surface area contributed by atoms with Gasteiger partial charge in [-0.25, -0.2) is 9.18 Å². The van der Waals surface area contributed by atoms with Gasteiger partial charge in [0.05, 0.1) is 6.61 Å². The zero-order valence-corrected chi connectivity index (χ0v) is 9.37. The third-order valence-corrected chi connectivity index (χ3v) is 2.41. The van der Waals surface area contributed by atoms with Crippen molar-refractivity contribution in [2.45, 2.75) is 20.3 Å². The van der Waals surface area contributed by atoms with Gasteiger partial charge in [-0.05, 0) is 18.1 Å². The summed E-state index contributed by atoms with van der Waals surface area (Å²) < 4.78 is 18.6. The summed E-state index contributed by atoms with van der Waals surface area (Å²) in [7, 11) is 0. The fourth-order valence-corrected chi connectivity index (χ4v) is 1.18. The zero-order chi connectivity index (χ0) is 12.1. The standard InChI is InChI=1S/C12H15FO3/c1-3-8(2)7-16-10-6-4-5-9(13)11(10)12(14)15/h4-6,8H,3,7H2,1-2H3,(H,14,15). The SMILES string of the molecule is CCC(C)COc1cccc(F)c1C(=O)O. The van der Waals surface area contributed by atoms with Gasteiger partial charge in [0.25, 0.3) is 0 Å². The number of carboxylic acid groups (broad SMARTS) is 1. The Labute approximate surface area is 93.9 Å². The van der Waals surface area contributed by atoms with Crippen molar-refractivity contribution < 1.29 is 19.0 Å². The summed E-state index contributed by atoms with van der Waals surface area (Å²) in [6, 6.07) is 4.02. The van der Waals surface area contributed by atoms with E-state index in [0.717, 1.165) is 12.5 Å². The molecule has 0 aliphatic heterocycles. The zero-order valence-electron chi connectivity index (χ0n) is 9.37. The van der Waals surface area contributed by atoms with Gasteiger partial charge in [-0.15, -0.1) is 0 Å². The van der Waals surface area contributed by atoms with Crippen LogP contribution in [0, 0.1) is 11.7 Å². The molecule has 0 aromatic heterocycles. The van der Waals surface area contributed by atoms with E-state index in [1.165, 1.54) is 12.1 Å². The molecular formula is C12H15FO3. The molecule has 16 heavy (non-hydrogen) atoms. The molecule has 1 unspecified atom stereocenters. The predicted octanol–water partition coefficient (Wildman–Crippen LogP) is 2.95. The minimum Gasteiger partial charge on any atom is -0.492 e. The minimum absolute atomic E-state index is 0.0906. The Balaban J connectivity index is 2.87. The van der Waals surface area contributed by atoms with E-state index >= 15 is 0 Å². The number of ether oxygens (including phenoxy) is 1. The number of aromatic carboxylic acids is 1.